The number of hydrogen-bond acceptors (Lipinski definition) is 3. The highest BCUT2D eigenvalue weighted by Gasteiger charge is 2.31. The van der Waals surface area contributed by atoms with Gasteiger partial charge in [-0.3, -0.25) is 0 Å². The molecule has 0 spiro atoms. The van der Waals surface area contributed by atoms with Crippen molar-refractivity contribution in [1.82, 2.24) is 0 Å². The van der Waals surface area contributed by atoms with E-state index < -0.39 is 5.85 Å². The fraction of sp³-hybridized carbons (Fsp3) is 0.333. The number of hydrogen-bond donors (Lipinski definition) is 3. The van der Waals surface area contributed by atoms with Gasteiger partial charge >= 0.3 is 0 Å². The molecule has 0 aliphatic carbocycles. The average Bonchev–Trinajstić information content (AvgIpc) is 2.42. The van der Waals surface area contributed by atoms with Crippen molar-refractivity contribution in [3.63, 3.8) is 0 Å². The van der Waals surface area contributed by atoms with E-state index in [1.807, 2.05) is 31.2 Å². The summed E-state index contributed by atoms with van der Waals surface area (Å²) < 4.78 is 0. The molecule has 0 fully saturated rings. The van der Waals surface area contributed by atoms with Gasteiger partial charge in [-0.25, -0.2) is 0 Å². The molecule has 1 aliphatic heterocycles. The van der Waals surface area contributed by atoms with Crippen LogP contribution >= 0.6 is 0 Å². The predicted octanol–water partition coefficient (Wildman–Crippen LogP) is 1.58. The molecular formula is C9H12N2O. The van der Waals surface area contributed by atoms with Crippen molar-refractivity contribution in [3.05, 3.63) is 24.3 Å². The Bertz CT molecular complexity index is 273. The summed E-state index contributed by atoms with van der Waals surface area (Å²) in [6, 6.07) is 7.76. The Labute approximate surface area is 71.4 Å². The predicted molar refractivity (Wildman–Crippen MR) is 48.9 cm³/mol. The lowest BCUT2D eigenvalue weighted by Crippen LogP contribution is -2.40. The molecule has 1 aromatic carbocycles. The van der Waals surface area contributed by atoms with Gasteiger partial charge in [-0.1, -0.05) is 19.1 Å². The highest BCUT2D eigenvalue weighted by atomic mass is 16.3. The van der Waals surface area contributed by atoms with Crippen LogP contribution in [0.2, 0.25) is 0 Å². The normalized spacial score (nSPS) is 17.8. The zero-order valence-corrected chi connectivity index (χ0v) is 6.96. The Morgan fingerprint density at radius 3 is 2.17 bits per heavy atom. The lowest BCUT2D eigenvalue weighted by atomic mass is 10.3. The van der Waals surface area contributed by atoms with E-state index in [2.05, 4.69) is 10.6 Å². The molecule has 1 heterocycles. The first-order valence-electron chi connectivity index (χ1n) is 4.11. The van der Waals surface area contributed by atoms with E-state index in [-0.39, 0.29) is 0 Å². The molecule has 1 aromatic rings. The van der Waals surface area contributed by atoms with Crippen molar-refractivity contribution in [2.75, 3.05) is 10.6 Å². The van der Waals surface area contributed by atoms with Crippen molar-refractivity contribution < 1.29 is 5.11 Å². The minimum Gasteiger partial charge on any atom is -0.354 e. The summed E-state index contributed by atoms with van der Waals surface area (Å²) in [6.45, 7) is 1.92. The molecule has 3 nitrogen and oxygen atoms in total. The Morgan fingerprint density at radius 2 is 1.75 bits per heavy atom. The molecule has 0 saturated carbocycles. The highest BCUT2D eigenvalue weighted by Crippen LogP contribution is 2.33. The summed E-state index contributed by atoms with van der Waals surface area (Å²) in [5.41, 5.74) is 1.92. The second kappa shape index (κ2) is 2.38. The van der Waals surface area contributed by atoms with Crippen molar-refractivity contribution in [1.29, 1.82) is 0 Å². The molecule has 0 bridgehead atoms. The Balaban J connectivity index is 2.33. The van der Waals surface area contributed by atoms with E-state index in [0.29, 0.717) is 6.42 Å². The zero-order chi connectivity index (χ0) is 8.60. The molecule has 0 aromatic heterocycles. The minimum atomic E-state index is -0.955. The van der Waals surface area contributed by atoms with Gasteiger partial charge in [0.15, 0.2) is 0 Å². The molecule has 3 heteroatoms. The highest BCUT2D eigenvalue weighted by molar-refractivity contribution is 5.75. The SMILES string of the molecule is CCC1(O)Nc2ccccc2N1. The van der Waals surface area contributed by atoms with Crippen LogP contribution in [-0.2, 0) is 0 Å². The van der Waals surface area contributed by atoms with Crippen molar-refractivity contribution in [2.45, 2.75) is 19.2 Å². The topological polar surface area (TPSA) is 44.3 Å². The second-order valence-electron chi connectivity index (χ2n) is 3.01. The monoisotopic (exact) mass is 164 g/mol. The van der Waals surface area contributed by atoms with Crippen molar-refractivity contribution >= 4 is 11.4 Å². The van der Waals surface area contributed by atoms with E-state index in [9.17, 15) is 5.11 Å². The van der Waals surface area contributed by atoms with Gasteiger partial charge in [0.1, 0.15) is 0 Å². The summed E-state index contributed by atoms with van der Waals surface area (Å²) in [5, 5.41) is 15.8. The lowest BCUT2D eigenvalue weighted by molar-refractivity contribution is 0.101. The van der Waals surface area contributed by atoms with Crippen molar-refractivity contribution in [3.8, 4) is 0 Å². The van der Waals surface area contributed by atoms with E-state index in [1.165, 1.54) is 0 Å². The fourth-order valence-electron chi connectivity index (χ4n) is 1.35. The first kappa shape index (κ1) is 7.43. The number of para-hydroxylation sites is 2. The van der Waals surface area contributed by atoms with Crippen LogP contribution in [0.4, 0.5) is 11.4 Å². The fourth-order valence-corrected chi connectivity index (χ4v) is 1.35. The molecular weight excluding hydrogens is 152 g/mol. The summed E-state index contributed by atoms with van der Waals surface area (Å²) in [6.07, 6.45) is 0.627. The maximum Gasteiger partial charge on any atom is 0.213 e. The summed E-state index contributed by atoms with van der Waals surface area (Å²) in [5.74, 6) is -0.955. The van der Waals surface area contributed by atoms with Gasteiger partial charge in [-0.2, -0.15) is 0 Å². The molecule has 0 amide bonds. The largest absolute Gasteiger partial charge is 0.354 e. The zero-order valence-electron chi connectivity index (χ0n) is 6.96. The van der Waals surface area contributed by atoms with Gasteiger partial charge in [0.2, 0.25) is 5.85 Å². The molecule has 0 atom stereocenters. The smallest absolute Gasteiger partial charge is 0.213 e. The van der Waals surface area contributed by atoms with Gasteiger partial charge in [-0.05, 0) is 12.1 Å². The number of nitrogens with one attached hydrogen (secondary N) is 2. The van der Waals surface area contributed by atoms with Gasteiger partial charge in [0.05, 0.1) is 11.4 Å². The van der Waals surface area contributed by atoms with Crippen LogP contribution in [0.3, 0.4) is 0 Å². The maximum absolute atomic E-state index is 9.80. The average molecular weight is 164 g/mol. The molecule has 0 radical (unpaired) electrons. The van der Waals surface area contributed by atoms with E-state index >= 15 is 0 Å². The molecule has 64 valence electrons. The van der Waals surface area contributed by atoms with Crippen LogP contribution in [0.5, 0.6) is 0 Å². The number of anilines is 2. The van der Waals surface area contributed by atoms with Crippen LogP contribution < -0.4 is 10.6 Å². The standard InChI is InChI=1S/C9H12N2O/c1-2-9(12)10-7-5-3-4-6-8(7)11-9/h3-6,10-12H,2H2,1H3. The van der Waals surface area contributed by atoms with E-state index in [0.717, 1.165) is 11.4 Å². The van der Waals surface area contributed by atoms with E-state index in [1.54, 1.807) is 0 Å². The Hall–Kier alpha value is -1.22. The summed E-state index contributed by atoms with van der Waals surface area (Å²) in [7, 11) is 0. The third-order valence-electron chi connectivity index (χ3n) is 2.12. The third kappa shape index (κ3) is 1.02. The molecule has 2 rings (SSSR count). The third-order valence-corrected chi connectivity index (χ3v) is 2.12. The molecule has 3 N–H and O–H groups in total. The summed E-state index contributed by atoms with van der Waals surface area (Å²) in [4.78, 5) is 0. The van der Waals surface area contributed by atoms with Gasteiger partial charge < -0.3 is 15.7 Å². The maximum atomic E-state index is 9.80. The van der Waals surface area contributed by atoms with Gasteiger partial charge in [0, 0.05) is 6.42 Å². The molecule has 0 saturated heterocycles. The number of fused-ring (bicyclic) bond motifs is 1. The number of benzene rings is 1. The quantitative estimate of drug-likeness (QED) is 0.590. The van der Waals surface area contributed by atoms with Crippen LogP contribution in [-0.4, -0.2) is 11.0 Å². The first-order valence-corrected chi connectivity index (χ1v) is 4.11. The second-order valence-corrected chi connectivity index (χ2v) is 3.01. The lowest BCUT2D eigenvalue weighted by Gasteiger charge is -2.21. The Morgan fingerprint density at radius 1 is 1.25 bits per heavy atom. The van der Waals surface area contributed by atoms with Gasteiger partial charge in [0.25, 0.3) is 0 Å². The van der Waals surface area contributed by atoms with Crippen LogP contribution in [0.15, 0.2) is 24.3 Å². The van der Waals surface area contributed by atoms with Crippen LogP contribution in [0, 0.1) is 0 Å². The van der Waals surface area contributed by atoms with Crippen molar-refractivity contribution in [2.24, 2.45) is 0 Å². The number of aliphatic hydroxyl groups is 1. The van der Waals surface area contributed by atoms with Crippen LogP contribution in [0.1, 0.15) is 13.3 Å². The molecule has 1 aliphatic rings. The minimum absolute atomic E-state index is 0.627. The van der Waals surface area contributed by atoms with Crippen LogP contribution in [0.25, 0.3) is 0 Å². The van der Waals surface area contributed by atoms with E-state index in [4.69, 9.17) is 0 Å². The summed E-state index contributed by atoms with van der Waals surface area (Å²) >= 11 is 0. The molecule has 12 heavy (non-hydrogen) atoms. The number of rotatable bonds is 1. The first-order chi connectivity index (χ1) is 5.73. The molecule has 0 unspecified atom stereocenters. The Kier molecular flexibility index (Phi) is 1.48. The van der Waals surface area contributed by atoms with Gasteiger partial charge in [-0.15, -0.1) is 0 Å².